The minimum absolute atomic E-state index is 0.0799. The maximum Gasteiger partial charge on any atom is 0.329 e. The number of anilines is 4. The molecule has 6 rings (SSSR count). The van der Waals surface area contributed by atoms with E-state index in [0.29, 0.717) is 26.2 Å². The van der Waals surface area contributed by atoms with Gasteiger partial charge < -0.3 is 9.80 Å². The van der Waals surface area contributed by atoms with Crippen LogP contribution in [-0.4, -0.2) is 48.0 Å². The Bertz CT molecular complexity index is 1390. The molecule has 0 unspecified atom stereocenters. The molecule has 4 amide bonds. The zero-order valence-corrected chi connectivity index (χ0v) is 21.0. The number of nitrogens with zero attached hydrogens (tertiary/aromatic N) is 4. The van der Waals surface area contributed by atoms with Crippen molar-refractivity contribution in [1.29, 1.82) is 0 Å². The molecule has 38 heavy (non-hydrogen) atoms. The molecule has 2 aliphatic heterocycles. The van der Waals surface area contributed by atoms with Crippen molar-refractivity contribution in [3.05, 3.63) is 120 Å². The van der Waals surface area contributed by atoms with E-state index in [0.717, 1.165) is 33.9 Å². The monoisotopic (exact) mass is 500 g/mol. The number of hydrogen-bond acceptors (Lipinski definition) is 2. The van der Waals surface area contributed by atoms with Crippen molar-refractivity contribution in [3.63, 3.8) is 0 Å². The van der Waals surface area contributed by atoms with Gasteiger partial charge in [0.1, 0.15) is 0 Å². The first-order valence-electron chi connectivity index (χ1n) is 12.8. The van der Waals surface area contributed by atoms with Gasteiger partial charge in [0, 0.05) is 26.2 Å². The van der Waals surface area contributed by atoms with Crippen molar-refractivity contribution in [1.82, 2.24) is 9.80 Å². The number of para-hydroxylation sites is 4. The lowest BCUT2D eigenvalue weighted by molar-refractivity contribution is 0.152. The highest BCUT2D eigenvalue weighted by Gasteiger charge is 2.33. The van der Waals surface area contributed by atoms with E-state index < -0.39 is 0 Å². The molecule has 0 bridgehead atoms. The summed E-state index contributed by atoms with van der Waals surface area (Å²) in [7, 11) is 0. The van der Waals surface area contributed by atoms with E-state index >= 15 is 0 Å². The molecular weight excluding hydrogens is 472 g/mol. The number of urea groups is 2. The molecule has 6 heteroatoms. The summed E-state index contributed by atoms with van der Waals surface area (Å²) in [6, 6.07) is 35.1. The lowest BCUT2D eigenvalue weighted by atomic mass is 10.1. The SMILES string of the molecule is O=C(N1CCN(C(=O)N2c3ccccc3C=Cc3ccccc32)CC1)N(c1ccccc1)c1ccccc1. The summed E-state index contributed by atoms with van der Waals surface area (Å²) in [5, 5.41) is 0. The van der Waals surface area contributed by atoms with Crippen molar-refractivity contribution in [2.24, 2.45) is 0 Å². The number of hydrogen-bond donors (Lipinski definition) is 0. The Kier molecular flexibility index (Phi) is 6.36. The van der Waals surface area contributed by atoms with E-state index in [1.807, 2.05) is 124 Å². The van der Waals surface area contributed by atoms with Gasteiger partial charge in [0.2, 0.25) is 0 Å². The number of benzene rings is 4. The third kappa shape index (κ3) is 4.41. The van der Waals surface area contributed by atoms with Crippen molar-refractivity contribution < 1.29 is 9.59 Å². The smallest absolute Gasteiger partial charge is 0.320 e. The average Bonchev–Trinajstić information content (AvgIpc) is 3.15. The van der Waals surface area contributed by atoms with Crippen LogP contribution in [0.4, 0.5) is 32.3 Å². The van der Waals surface area contributed by atoms with Crippen LogP contribution < -0.4 is 9.80 Å². The molecular formula is C32H28N4O2. The molecule has 6 nitrogen and oxygen atoms in total. The molecule has 0 radical (unpaired) electrons. The molecule has 0 aliphatic carbocycles. The van der Waals surface area contributed by atoms with Gasteiger partial charge in [-0.15, -0.1) is 0 Å². The van der Waals surface area contributed by atoms with Gasteiger partial charge in [0.15, 0.2) is 0 Å². The summed E-state index contributed by atoms with van der Waals surface area (Å²) >= 11 is 0. The quantitative estimate of drug-likeness (QED) is 0.297. The van der Waals surface area contributed by atoms with Crippen molar-refractivity contribution in [2.75, 3.05) is 36.0 Å². The van der Waals surface area contributed by atoms with Crippen LogP contribution in [0.25, 0.3) is 12.2 Å². The second-order valence-corrected chi connectivity index (χ2v) is 9.33. The van der Waals surface area contributed by atoms with E-state index in [1.165, 1.54) is 0 Å². The summed E-state index contributed by atoms with van der Waals surface area (Å²) < 4.78 is 0. The van der Waals surface area contributed by atoms with Crippen LogP contribution in [0.15, 0.2) is 109 Å². The maximum absolute atomic E-state index is 14.0. The molecule has 2 heterocycles. The minimum Gasteiger partial charge on any atom is -0.320 e. The summed E-state index contributed by atoms with van der Waals surface area (Å²) in [5.74, 6) is 0. The average molecular weight is 501 g/mol. The standard InChI is InChI=1S/C32H28N4O2/c37-31(35(27-13-3-1-4-14-27)28-15-5-2-6-16-28)33-21-23-34(24-22-33)32(38)36-29-17-9-7-11-25(29)19-20-26-12-8-10-18-30(26)36/h1-20H,21-24H2. The number of rotatable bonds is 2. The Labute approximate surface area is 222 Å². The van der Waals surface area contributed by atoms with Gasteiger partial charge in [-0.3, -0.25) is 9.80 Å². The largest absolute Gasteiger partial charge is 0.329 e. The van der Waals surface area contributed by atoms with Crippen molar-refractivity contribution >= 4 is 47.0 Å². The molecule has 4 aromatic carbocycles. The van der Waals surface area contributed by atoms with E-state index in [-0.39, 0.29) is 12.1 Å². The fourth-order valence-corrected chi connectivity index (χ4v) is 5.08. The van der Waals surface area contributed by atoms with Crippen LogP contribution >= 0.6 is 0 Å². The predicted octanol–water partition coefficient (Wildman–Crippen LogP) is 7.00. The highest BCUT2D eigenvalue weighted by molar-refractivity contribution is 6.06. The topological polar surface area (TPSA) is 47.1 Å². The zero-order valence-electron chi connectivity index (χ0n) is 21.0. The number of amides is 4. The van der Waals surface area contributed by atoms with E-state index in [1.54, 1.807) is 4.90 Å². The molecule has 1 saturated heterocycles. The van der Waals surface area contributed by atoms with Gasteiger partial charge in [0.25, 0.3) is 0 Å². The lowest BCUT2D eigenvalue weighted by Crippen LogP contribution is -2.55. The van der Waals surface area contributed by atoms with Crippen LogP contribution in [0.2, 0.25) is 0 Å². The van der Waals surface area contributed by atoms with Gasteiger partial charge >= 0.3 is 12.1 Å². The van der Waals surface area contributed by atoms with Crippen LogP contribution in [0.3, 0.4) is 0 Å². The van der Waals surface area contributed by atoms with Crippen LogP contribution in [0.5, 0.6) is 0 Å². The summed E-state index contributed by atoms with van der Waals surface area (Å²) in [6.45, 7) is 1.82. The first kappa shape index (κ1) is 23.6. The van der Waals surface area contributed by atoms with Crippen molar-refractivity contribution in [3.8, 4) is 0 Å². The highest BCUT2D eigenvalue weighted by Crippen LogP contribution is 2.37. The number of fused-ring (bicyclic) bond motifs is 2. The Morgan fingerprint density at radius 3 is 1.45 bits per heavy atom. The van der Waals surface area contributed by atoms with Gasteiger partial charge in [0.05, 0.1) is 22.7 Å². The van der Waals surface area contributed by atoms with Gasteiger partial charge in [-0.1, -0.05) is 84.9 Å². The number of piperazine rings is 1. The zero-order chi connectivity index (χ0) is 25.9. The molecule has 0 spiro atoms. The van der Waals surface area contributed by atoms with E-state index in [4.69, 9.17) is 0 Å². The van der Waals surface area contributed by atoms with Crippen molar-refractivity contribution in [2.45, 2.75) is 0 Å². The second-order valence-electron chi connectivity index (χ2n) is 9.33. The van der Waals surface area contributed by atoms with Gasteiger partial charge in [-0.25, -0.2) is 9.59 Å². The Morgan fingerprint density at radius 1 is 0.526 bits per heavy atom. The van der Waals surface area contributed by atoms with E-state index in [9.17, 15) is 9.59 Å². The fraction of sp³-hybridized carbons (Fsp3) is 0.125. The molecule has 0 N–H and O–H groups in total. The Morgan fingerprint density at radius 2 is 0.947 bits per heavy atom. The maximum atomic E-state index is 14.0. The summed E-state index contributed by atoms with van der Waals surface area (Å²) in [4.78, 5) is 35.0. The summed E-state index contributed by atoms with van der Waals surface area (Å²) in [5.41, 5.74) is 5.33. The van der Waals surface area contributed by atoms with Crippen LogP contribution in [0, 0.1) is 0 Å². The van der Waals surface area contributed by atoms with Crippen LogP contribution in [0.1, 0.15) is 11.1 Å². The molecule has 2 aliphatic rings. The van der Waals surface area contributed by atoms with E-state index in [2.05, 4.69) is 12.2 Å². The van der Waals surface area contributed by atoms with Crippen LogP contribution in [-0.2, 0) is 0 Å². The molecule has 0 atom stereocenters. The summed E-state index contributed by atoms with van der Waals surface area (Å²) in [6.07, 6.45) is 4.11. The fourth-order valence-electron chi connectivity index (χ4n) is 5.08. The number of carbonyl (C=O) groups is 2. The first-order chi connectivity index (χ1) is 18.7. The molecule has 0 aromatic heterocycles. The third-order valence-corrected chi connectivity index (χ3v) is 7.03. The second kappa shape index (κ2) is 10.3. The molecule has 0 saturated carbocycles. The molecule has 188 valence electrons. The van der Waals surface area contributed by atoms with Gasteiger partial charge in [-0.05, 0) is 47.5 Å². The number of carbonyl (C=O) groups excluding carboxylic acids is 2. The first-order valence-corrected chi connectivity index (χ1v) is 12.8. The normalized spacial score (nSPS) is 14.4. The predicted molar refractivity (Wildman–Crippen MR) is 153 cm³/mol. The van der Waals surface area contributed by atoms with Gasteiger partial charge in [-0.2, -0.15) is 0 Å². The Hall–Kier alpha value is -4.84. The minimum atomic E-state index is -0.0934. The molecule has 1 fully saturated rings. The Balaban J connectivity index is 1.23. The third-order valence-electron chi connectivity index (χ3n) is 7.03. The molecule has 4 aromatic rings. The lowest BCUT2D eigenvalue weighted by Gasteiger charge is -2.39. The highest BCUT2D eigenvalue weighted by atomic mass is 16.2.